The molecule has 2 aromatic carbocycles. The largest absolute Gasteiger partial charge is 0.356 e. The maximum absolute atomic E-state index is 4.51. The summed E-state index contributed by atoms with van der Waals surface area (Å²) in [6, 6.07) is 19.0. The number of hydrogen-bond donors (Lipinski definition) is 2. The molecule has 166 valence electrons. The Kier molecular flexibility index (Phi) is 6.84. The number of benzene rings is 2. The zero-order valence-corrected chi connectivity index (χ0v) is 19.0. The summed E-state index contributed by atoms with van der Waals surface area (Å²) in [5.74, 6) is 0.812. The Labute approximate surface area is 189 Å². The predicted octanol–water partition coefficient (Wildman–Crippen LogP) is 3.65. The number of rotatable bonds is 8. The van der Waals surface area contributed by atoms with Gasteiger partial charge in [-0.3, -0.25) is 9.67 Å². The number of aryl methyl sites for hydroxylation is 3. The lowest BCUT2D eigenvalue weighted by molar-refractivity contribution is 0.555. The van der Waals surface area contributed by atoms with Gasteiger partial charge in [-0.2, -0.15) is 5.10 Å². The Morgan fingerprint density at radius 2 is 1.78 bits per heavy atom. The molecule has 0 radical (unpaired) electrons. The maximum atomic E-state index is 4.51. The third-order valence-corrected chi connectivity index (χ3v) is 5.53. The smallest absolute Gasteiger partial charge is 0.191 e. The first kappa shape index (κ1) is 21.6. The molecule has 0 aliphatic heterocycles. The molecule has 0 atom stereocenters. The molecule has 0 fully saturated rings. The monoisotopic (exact) mass is 429 g/mol. The number of aromatic nitrogens is 4. The number of nitrogens with one attached hydrogen (secondary N) is 2. The van der Waals surface area contributed by atoms with Gasteiger partial charge in [0.2, 0.25) is 0 Å². The van der Waals surface area contributed by atoms with E-state index in [4.69, 9.17) is 0 Å². The van der Waals surface area contributed by atoms with Gasteiger partial charge in [0.25, 0.3) is 0 Å². The Balaban J connectivity index is 1.23. The first-order chi connectivity index (χ1) is 15.6. The number of imidazole rings is 1. The second-order valence-electron chi connectivity index (χ2n) is 8.03. The molecule has 0 amide bonds. The van der Waals surface area contributed by atoms with Crippen LogP contribution in [0.2, 0.25) is 0 Å². The van der Waals surface area contributed by atoms with Gasteiger partial charge in [-0.25, -0.2) is 4.98 Å². The molecule has 0 bridgehead atoms. The van der Waals surface area contributed by atoms with Crippen LogP contribution in [0.15, 0.2) is 65.9 Å². The highest BCUT2D eigenvalue weighted by Crippen LogP contribution is 2.14. The zero-order chi connectivity index (χ0) is 22.3. The van der Waals surface area contributed by atoms with E-state index in [1.165, 1.54) is 16.8 Å². The fourth-order valence-corrected chi connectivity index (χ4v) is 3.84. The maximum Gasteiger partial charge on any atom is 0.191 e. The summed E-state index contributed by atoms with van der Waals surface area (Å²) in [5.41, 5.74) is 6.93. The average Bonchev–Trinajstić information content (AvgIpc) is 3.36. The van der Waals surface area contributed by atoms with Crippen LogP contribution in [0, 0.1) is 13.8 Å². The van der Waals surface area contributed by atoms with E-state index in [1.54, 1.807) is 7.05 Å². The van der Waals surface area contributed by atoms with E-state index in [-0.39, 0.29) is 0 Å². The second kappa shape index (κ2) is 10.1. The second-order valence-corrected chi connectivity index (χ2v) is 8.03. The van der Waals surface area contributed by atoms with Gasteiger partial charge in [0.1, 0.15) is 0 Å². The van der Waals surface area contributed by atoms with Crippen LogP contribution in [0.1, 0.15) is 28.9 Å². The Hall–Kier alpha value is -3.61. The number of para-hydroxylation sites is 2. The zero-order valence-electron chi connectivity index (χ0n) is 19.0. The summed E-state index contributed by atoms with van der Waals surface area (Å²) in [6.07, 6.45) is 2.89. The molecule has 0 spiro atoms. The lowest BCUT2D eigenvalue weighted by atomic mass is 10.1. The molecule has 32 heavy (non-hydrogen) atoms. The summed E-state index contributed by atoms with van der Waals surface area (Å²) >= 11 is 0. The SMILES string of the molecule is CN=C(NCCCn1nc(C)cc1C)NCc1ccc(Cn2cnc3ccccc32)cc1. The van der Waals surface area contributed by atoms with Gasteiger partial charge in [-0.05, 0) is 49.6 Å². The van der Waals surface area contributed by atoms with E-state index >= 15 is 0 Å². The molecular formula is C25H31N7. The molecule has 2 heterocycles. The van der Waals surface area contributed by atoms with Crippen molar-refractivity contribution in [2.24, 2.45) is 4.99 Å². The van der Waals surface area contributed by atoms with Crippen LogP contribution < -0.4 is 10.6 Å². The van der Waals surface area contributed by atoms with Gasteiger partial charge in [0.15, 0.2) is 5.96 Å². The molecule has 7 heteroatoms. The van der Waals surface area contributed by atoms with Crippen LogP contribution in [0.25, 0.3) is 11.0 Å². The van der Waals surface area contributed by atoms with Crippen LogP contribution in [0.5, 0.6) is 0 Å². The first-order valence-corrected chi connectivity index (χ1v) is 11.1. The number of aliphatic imine (C=N–C) groups is 1. The topological polar surface area (TPSA) is 72.1 Å². The average molecular weight is 430 g/mol. The van der Waals surface area contributed by atoms with E-state index in [2.05, 4.69) is 84.3 Å². The Morgan fingerprint density at radius 1 is 1.00 bits per heavy atom. The number of guanidine groups is 1. The lowest BCUT2D eigenvalue weighted by Gasteiger charge is -2.13. The molecule has 4 rings (SSSR count). The highest BCUT2D eigenvalue weighted by molar-refractivity contribution is 5.79. The molecule has 0 saturated heterocycles. The van der Waals surface area contributed by atoms with Crippen molar-refractivity contribution in [2.45, 2.75) is 39.9 Å². The summed E-state index contributed by atoms with van der Waals surface area (Å²) < 4.78 is 4.24. The molecule has 2 N–H and O–H groups in total. The summed E-state index contributed by atoms with van der Waals surface area (Å²) in [4.78, 5) is 8.80. The van der Waals surface area contributed by atoms with Crippen molar-refractivity contribution in [3.8, 4) is 0 Å². The fourth-order valence-electron chi connectivity index (χ4n) is 3.84. The molecule has 0 aliphatic carbocycles. The van der Waals surface area contributed by atoms with E-state index in [0.29, 0.717) is 0 Å². The fraction of sp³-hybridized carbons (Fsp3) is 0.320. The van der Waals surface area contributed by atoms with Gasteiger partial charge in [-0.15, -0.1) is 0 Å². The molecular weight excluding hydrogens is 398 g/mol. The Bertz CT molecular complexity index is 1180. The Morgan fingerprint density at radius 3 is 2.53 bits per heavy atom. The predicted molar refractivity (Wildman–Crippen MR) is 130 cm³/mol. The van der Waals surface area contributed by atoms with Crippen LogP contribution >= 0.6 is 0 Å². The lowest BCUT2D eigenvalue weighted by Crippen LogP contribution is -2.37. The van der Waals surface area contributed by atoms with Gasteiger partial charge in [0, 0.05) is 38.9 Å². The minimum Gasteiger partial charge on any atom is -0.356 e. The van der Waals surface area contributed by atoms with Gasteiger partial charge in [0.05, 0.1) is 23.1 Å². The van der Waals surface area contributed by atoms with Crippen molar-refractivity contribution in [3.63, 3.8) is 0 Å². The van der Waals surface area contributed by atoms with Gasteiger partial charge < -0.3 is 15.2 Å². The molecule has 0 saturated carbocycles. The van der Waals surface area contributed by atoms with Crippen molar-refractivity contribution in [1.29, 1.82) is 0 Å². The van der Waals surface area contributed by atoms with E-state index < -0.39 is 0 Å². The van der Waals surface area contributed by atoms with E-state index in [0.717, 1.165) is 55.3 Å². The van der Waals surface area contributed by atoms with E-state index in [1.807, 2.05) is 25.4 Å². The van der Waals surface area contributed by atoms with Crippen LogP contribution in [-0.4, -0.2) is 38.9 Å². The quantitative estimate of drug-likeness (QED) is 0.255. The summed E-state index contributed by atoms with van der Waals surface area (Å²) in [5, 5.41) is 11.3. The van der Waals surface area contributed by atoms with E-state index in [9.17, 15) is 0 Å². The van der Waals surface area contributed by atoms with Gasteiger partial charge in [-0.1, -0.05) is 36.4 Å². The van der Waals surface area contributed by atoms with Crippen LogP contribution in [0.4, 0.5) is 0 Å². The normalized spacial score (nSPS) is 11.8. The number of nitrogens with zero attached hydrogens (tertiary/aromatic N) is 5. The third-order valence-electron chi connectivity index (χ3n) is 5.53. The first-order valence-electron chi connectivity index (χ1n) is 11.1. The standard InChI is InChI=1S/C25H31N7/c1-19-15-20(2)32(30-19)14-6-13-27-25(26-3)28-16-21-9-11-22(12-10-21)17-31-18-29-23-7-4-5-8-24(23)31/h4-5,7-12,15,18H,6,13-14,16-17H2,1-3H3,(H2,26,27,28). The molecule has 4 aromatic rings. The van der Waals surface area contributed by atoms with Crippen LogP contribution in [-0.2, 0) is 19.6 Å². The highest BCUT2D eigenvalue weighted by atomic mass is 15.3. The summed E-state index contributed by atoms with van der Waals surface area (Å²) in [7, 11) is 1.80. The molecule has 7 nitrogen and oxygen atoms in total. The van der Waals surface area contributed by atoms with Crippen molar-refractivity contribution in [2.75, 3.05) is 13.6 Å². The highest BCUT2D eigenvalue weighted by Gasteiger charge is 2.04. The third kappa shape index (κ3) is 5.35. The minimum absolute atomic E-state index is 0.728. The van der Waals surface area contributed by atoms with Crippen molar-refractivity contribution in [1.82, 2.24) is 30.0 Å². The minimum atomic E-state index is 0.728. The van der Waals surface area contributed by atoms with Crippen molar-refractivity contribution >= 4 is 17.0 Å². The van der Waals surface area contributed by atoms with Crippen LogP contribution in [0.3, 0.4) is 0 Å². The number of fused-ring (bicyclic) bond motifs is 1. The molecule has 0 unspecified atom stereocenters. The van der Waals surface area contributed by atoms with Crippen molar-refractivity contribution < 1.29 is 0 Å². The summed E-state index contributed by atoms with van der Waals surface area (Å²) in [6.45, 7) is 7.40. The molecule has 0 aliphatic rings. The number of hydrogen-bond acceptors (Lipinski definition) is 3. The van der Waals surface area contributed by atoms with Crippen molar-refractivity contribution in [3.05, 3.63) is 83.4 Å². The molecule has 2 aromatic heterocycles. The van der Waals surface area contributed by atoms with Gasteiger partial charge >= 0.3 is 0 Å².